The van der Waals surface area contributed by atoms with E-state index in [0.29, 0.717) is 6.42 Å². The zero-order valence-electron chi connectivity index (χ0n) is 10.9. The molecule has 0 aliphatic rings. The summed E-state index contributed by atoms with van der Waals surface area (Å²) in [6.07, 6.45) is 7.59. The lowest BCUT2D eigenvalue weighted by Gasteiger charge is -2.01. The summed E-state index contributed by atoms with van der Waals surface area (Å²) in [7, 11) is -3.35. The van der Waals surface area contributed by atoms with E-state index in [9.17, 15) is 8.42 Å². The van der Waals surface area contributed by atoms with E-state index in [2.05, 4.69) is 22.1 Å². The van der Waals surface area contributed by atoms with Crippen LogP contribution in [-0.4, -0.2) is 29.4 Å². The lowest BCUT2D eigenvalue weighted by atomic mass is 10.1. The van der Waals surface area contributed by atoms with Crippen LogP contribution in [0.15, 0.2) is 5.16 Å². The van der Waals surface area contributed by atoms with Crippen LogP contribution in [0.2, 0.25) is 0 Å². The number of aromatic amines is 1. The van der Waals surface area contributed by atoms with E-state index in [1.54, 1.807) is 0 Å². The highest BCUT2D eigenvalue weighted by molar-refractivity contribution is 7.91. The van der Waals surface area contributed by atoms with Gasteiger partial charge in [-0.25, -0.2) is 13.5 Å². The number of hydrogen-bond acceptors (Lipinski definition) is 5. The Morgan fingerprint density at radius 1 is 1.11 bits per heavy atom. The molecule has 0 fully saturated rings. The minimum atomic E-state index is -3.35. The van der Waals surface area contributed by atoms with Crippen molar-refractivity contribution in [3.8, 4) is 0 Å². The molecule has 1 aromatic rings. The molecule has 1 heterocycles. The summed E-state index contributed by atoms with van der Waals surface area (Å²) in [5, 5.41) is 5.74. The van der Waals surface area contributed by atoms with Crippen LogP contribution in [0.25, 0.3) is 0 Å². The van der Waals surface area contributed by atoms with Crippen LogP contribution in [0.4, 0.5) is 5.95 Å². The molecule has 7 heteroatoms. The zero-order chi connectivity index (χ0) is 13.4. The van der Waals surface area contributed by atoms with Gasteiger partial charge in [0.05, 0.1) is 5.75 Å². The van der Waals surface area contributed by atoms with Crippen molar-refractivity contribution in [2.45, 2.75) is 57.0 Å². The summed E-state index contributed by atoms with van der Waals surface area (Å²) in [6, 6.07) is 0. The Labute approximate surface area is 108 Å². The van der Waals surface area contributed by atoms with Crippen molar-refractivity contribution in [3.63, 3.8) is 0 Å². The van der Waals surface area contributed by atoms with Crippen LogP contribution in [0.3, 0.4) is 0 Å². The van der Waals surface area contributed by atoms with Crippen LogP contribution in [0.1, 0.15) is 51.9 Å². The summed E-state index contributed by atoms with van der Waals surface area (Å²) in [6.45, 7) is 2.18. The first-order chi connectivity index (χ1) is 8.56. The fourth-order valence-corrected chi connectivity index (χ4v) is 2.94. The molecule has 18 heavy (non-hydrogen) atoms. The monoisotopic (exact) mass is 274 g/mol. The Kier molecular flexibility index (Phi) is 6.11. The molecule has 6 nitrogen and oxygen atoms in total. The number of aromatic nitrogens is 3. The van der Waals surface area contributed by atoms with E-state index in [1.807, 2.05) is 0 Å². The molecular weight excluding hydrogens is 252 g/mol. The van der Waals surface area contributed by atoms with Gasteiger partial charge in [-0.05, 0) is 6.42 Å². The third kappa shape index (κ3) is 5.03. The Morgan fingerprint density at radius 3 is 2.28 bits per heavy atom. The molecule has 0 aromatic carbocycles. The second-order valence-corrected chi connectivity index (χ2v) is 6.46. The second-order valence-electron chi connectivity index (χ2n) is 4.44. The lowest BCUT2D eigenvalue weighted by Crippen LogP contribution is -2.09. The molecule has 0 unspecified atom stereocenters. The number of nitrogens with zero attached hydrogens (tertiary/aromatic N) is 2. The fraction of sp³-hybridized carbons (Fsp3) is 0.818. The Morgan fingerprint density at radius 2 is 1.72 bits per heavy atom. The molecule has 1 aromatic heterocycles. The van der Waals surface area contributed by atoms with Gasteiger partial charge in [0.2, 0.25) is 20.9 Å². The number of nitrogens with two attached hydrogens (primary N) is 1. The van der Waals surface area contributed by atoms with E-state index >= 15 is 0 Å². The standard InChI is InChI=1S/C11H22N4O2S/c1-2-3-4-5-6-7-8-9-18(16,17)11-13-10(12)14-15-11/h2-9H2,1H3,(H3,12,13,14,15). The van der Waals surface area contributed by atoms with Crippen molar-refractivity contribution in [1.29, 1.82) is 0 Å². The van der Waals surface area contributed by atoms with Crippen molar-refractivity contribution < 1.29 is 8.42 Å². The molecule has 0 spiro atoms. The minimum absolute atomic E-state index is 0.0341. The van der Waals surface area contributed by atoms with Crippen molar-refractivity contribution in [2.24, 2.45) is 0 Å². The molecule has 0 amide bonds. The first kappa shape index (κ1) is 14.9. The molecule has 0 atom stereocenters. The number of nitrogens with one attached hydrogen (secondary N) is 1. The summed E-state index contributed by atoms with van der Waals surface area (Å²) in [4.78, 5) is 3.64. The maximum absolute atomic E-state index is 11.8. The maximum atomic E-state index is 11.8. The van der Waals surface area contributed by atoms with Gasteiger partial charge >= 0.3 is 0 Å². The highest BCUT2D eigenvalue weighted by atomic mass is 32.2. The quantitative estimate of drug-likeness (QED) is 0.670. The largest absolute Gasteiger partial charge is 0.366 e. The van der Waals surface area contributed by atoms with Crippen LogP contribution < -0.4 is 5.73 Å². The Hall–Kier alpha value is -1.11. The number of unbranched alkanes of at least 4 members (excludes halogenated alkanes) is 6. The average molecular weight is 274 g/mol. The van der Waals surface area contributed by atoms with Gasteiger partial charge in [0.25, 0.3) is 0 Å². The number of H-pyrrole nitrogens is 1. The fourth-order valence-electron chi connectivity index (χ4n) is 1.74. The summed E-state index contributed by atoms with van der Waals surface area (Å²) in [5.74, 6) is 0.0724. The van der Waals surface area contributed by atoms with Crippen LogP contribution in [-0.2, 0) is 9.84 Å². The van der Waals surface area contributed by atoms with Gasteiger partial charge in [0, 0.05) is 0 Å². The molecule has 104 valence electrons. The van der Waals surface area contributed by atoms with Crippen molar-refractivity contribution in [1.82, 2.24) is 15.2 Å². The molecule has 0 radical (unpaired) electrons. The normalized spacial score (nSPS) is 11.8. The van der Waals surface area contributed by atoms with Gasteiger partial charge in [-0.15, -0.1) is 5.10 Å². The van der Waals surface area contributed by atoms with Crippen molar-refractivity contribution in [2.75, 3.05) is 11.5 Å². The number of anilines is 1. The Bertz CT molecular complexity index is 442. The number of nitrogen functional groups attached to an aromatic ring is 1. The molecular formula is C11H22N4O2S. The second kappa shape index (κ2) is 7.35. The maximum Gasteiger partial charge on any atom is 0.244 e. The van der Waals surface area contributed by atoms with Crippen molar-refractivity contribution in [3.05, 3.63) is 0 Å². The van der Waals surface area contributed by atoms with E-state index in [4.69, 9.17) is 5.73 Å². The molecule has 0 saturated carbocycles. The van der Waals surface area contributed by atoms with E-state index in [0.717, 1.165) is 12.8 Å². The third-order valence-electron chi connectivity index (χ3n) is 2.79. The van der Waals surface area contributed by atoms with Crippen LogP contribution in [0, 0.1) is 0 Å². The number of hydrogen-bond donors (Lipinski definition) is 2. The predicted molar refractivity (Wildman–Crippen MR) is 70.8 cm³/mol. The topological polar surface area (TPSA) is 102 Å². The van der Waals surface area contributed by atoms with E-state index < -0.39 is 9.84 Å². The number of sulfone groups is 1. The highest BCUT2D eigenvalue weighted by Gasteiger charge is 2.18. The van der Waals surface area contributed by atoms with Gasteiger partial charge in [-0.2, -0.15) is 4.98 Å². The summed E-state index contributed by atoms with van der Waals surface area (Å²) in [5.41, 5.74) is 5.28. The molecule has 0 bridgehead atoms. The summed E-state index contributed by atoms with van der Waals surface area (Å²) >= 11 is 0. The number of rotatable bonds is 9. The first-order valence-electron chi connectivity index (χ1n) is 6.47. The van der Waals surface area contributed by atoms with Gasteiger partial charge < -0.3 is 5.73 Å². The van der Waals surface area contributed by atoms with Gasteiger partial charge in [-0.3, -0.25) is 0 Å². The van der Waals surface area contributed by atoms with Crippen molar-refractivity contribution >= 4 is 15.8 Å². The van der Waals surface area contributed by atoms with Crippen LogP contribution >= 0.6 is 0 Å². The zero-order valence-corrected chi connectivity index (χ0v) is 11.7. The lowest BCUT2D eigenvalue weighted by molar-refractivity contribution is 0.573. The van der Waals surface area contributed by atoms with E-state index in [1.165, 1.54) is 25.7 Å². The van der Waals surface area contributed by atoms with E-state index in [-0.39, 0.29) is 16.9 Å². The first-order valence-corrected chi connectivity index (χ1v) is 8.12. The Balaban J connectivity index is 2.22. The molecule has 1 rings (SSSR count). The van der Waals surface area contributed by atoms with Crippen LogP contribution in [0.5, 0.6) is 0 Å². The molecule has 0 aliphatic heterocycles. The smallest absolute Gasteiger partial charge is 0.244 e. The molecule has 0 aliphatic carbocycles. The SMILES string of the molecule is CCCCCCCCCS(=O)(=O)c1nc(N)n[nH]1. The van der Waals surface area contributed by atoms with Gasteiger partial charge in [-0.1, -0.05) is 45.4 Å². The summed E-state index contributed by atoms with van der Waals surface area (Å²) < 4.78 is 23.6. The third-order valence-corrected chi connectivity index (χ3v) is 4.39. The van der Waals surface area contributed by atoms with Gasteiger partial charge in [0.1, 0.15) is 0 Å². The minimum Gasteiger partial charge on any atom is -0.366 e. The molecule has 3 N–H and O–H groups in total. The molecule has 0 saturated heterocycles. The average Bonchev–Trinajstić information content (AvgIpc) is 2.75. The highest BCUT2D eigenvalue weighted by Crippen LogP contribution is 2.11. The predicted octanol–water partition coefficient (Wildman–Crippen LogP) is 1.91. The van der Waals surface area contributed by atoms with Gasteiger partial charge in [0.15, 0.2) is 0 Å².